The zero-order valence-electron chi connectivity index (χ0n) is 13.7. The topological polar surface area (TPSA) is 105 Å². The zero-order valence-corrected chi connectivity index (χ0v) is 13.7. The second-order valence-corrected chi connectivity index (χ2v) is 5.91. The van der Waals surface area contributed by atoms with Crippen molar-refractivity contribution in [2.75, 3.05) is 11.4 Å². The van der Waals surface area contributed by atoms with E-state index in [0.717, 1.165) is 0 Å². The summed E-state index contributed by atoms with van der Waals surface area (Å²) in [5.74, 6) is -1.64. The average Bonchev–Trinajstić information content (AvgIpc) is 3.14. The van der Waals surface area contributed by atoms with Crippen molar-refractivity contribution < 1.29 is 19.5 Å². The van der Waals surface area contributed by atoms with E-state index in [-0.39, 0.29) is 23.8 Å². The van der Waals surface area contributed by atoms with Crippen LogP contribution < -0.4 is 10.2 Å². The van der Waals surface area contributed by atoms with Gasteiger partial charge >= 0.3 is 5.97 Å². The summed E-state index contributed by atoms with van der Waals surface area (Å²) in [6.45, 7) is 0.501. The molecule has 2 N–H and O–H groups in total. The van der Waals surface area contributed by atoms with Crippen LogP contribution in [0.25, 0.3) is 0 Å². The Morgan fingerprint density at radius 2 is 2.12 bits per heavy atom. The number of hydrogen-bond acceptors (Lipinski definition) is 4. The first kappa shape index (κ1) is 16.7. The lowest BCUT2D eigenvalue weighted by Crippen LogP contribution is -2.42. The van der Waals surface area contributed by atoms with E-state index in [0.29, 0.717) is 24.2 Å². The molecule has 2 heterocycles. The summed E-state index contributed by atoms with van der Waals surface area (Å²) >= 11 is 0. The maximum absolute atomic E-state index is 12.5. The number of nitrogens with one attached hydrogen (secondary N) is 1. The molecule has 8 heteroatoms. The summed E-state index contributed by atoms with van der Waals surface area (Å²) in [6.07, 6.45) is 3.76. The molecule has 1 unspecified atom stereocenters. The third-order valence-electron chi connectivity index (χ3n) is 4.14. The summed E-state index contributed by atoms with van der Waals surface area (Å²) < 4.78 is 1.61. The van der Waals surface area contributed by atoms with Crippen LogP contribution in [-0.4, -0.2) is 45.3 Å². The number of carboxylic acid groups (broad SMARTS) is 1. The molecule has 3 rings (SSSR count). The number of benzene rings is 1. The first-order chi connectivity index (χ1) is 12.0. The van der Waals surface area contributed by atoms with Gasteiger partial charge in [-0.3, -0.25) is 14.3 Å². The lowest BCUT2D eigenvalue weighted by atomic mass is 10.0. The molecule has 0 spiro atoms. The van der Waals surface area contributed by atoms with Gasteiger partial charge in [0.1, 0.15) is 6.04 Å². The number of nitrogens with zero attached hydrogens (tertiary/aromatic N) is 3. The maximum atomic E-state index is 12.5. The predicted molar refractivity (Wildman–Crippen MR) is 89.2 cm³/mol. The van der Waals surface area contributed by atoms with Gasteiger partial charge in [-0.1, -0.05) is 18.2 Å². The fraction of sp³-hybridized carbons (Fsp3) is 0.294. The fourth-order valence-electron chi connectivity index (χ4n) is 2.92. The second kappa shape index (κ2) is 6.76. The summed E-state index contributed by atoms with van der Waals surface area (Å²) in [5, 5.41) is 15.9. The average molecular weight is 342 g/mol. The number of anilines is 1. The Labute approximate surface area is 144 Å². The number of aromatic nitrogens is 2. The van der Waals surface area contributed by atoms with Crippen molar-refractivity contribution in [2.45, 2.75) is 18.9 Å². The first-order valence-corrected chi connectivity index (χ1v) is 7.86. The third-order valence-corrected chi connectivity index (χ3v) is 4.14. The molecular weight excluding hydrogens is 324 g/mol. The Bertz CT molecular complexity index is 830. The fourth-order valence-corrected chi connectivity index (χ4v) is 2.92. The summed E-state index contributed by atoms with van der Waals surface area (Å²) in [7, 11) is 1.77. The minimum atomic E-state index is -1.08. The van der Waals surface area contributed by atoms with Crippen LogP contribution in [0.1, 0.15) is 22.3 Å². The molecule has 1 aromatic heterocycles. The van der Waals surface area contributed by atoms with Crippen molar-refractivity contribution in [3.63, 3.8) is 0 Å². The van der Waals surface area contributed by atoms with Crippen LogP contribution in [0.5, 0.6) is 0 Å². The molecule has 2 aromatic rings. The molecule has 1 aliphatic rings. The lowest BCUT2D eigenvalue weighted by molar-refractivity contribution is -0.126. The molecule has 8 nitrogen and oxygen atoms in total. The van der Waals surface area contributed by atoms with Crippen LogP contribution in [0.2, 0.25) is 0 Å². The van der Waals surface area contributed by atoms with E-state index in [1.54, 1.807) is 47.2 Å². The normalized spacial score (nSPS) is 16.9. The summed E-state index contributed by atoms with van der Waals surface area (Å²) in [5.41, 5.74) is 1.20. The smallest absolute Gasteiger partial charge is 0.335 e. The minimum absolute atomic E-state index is 0.0842. The molecule has 0 radical (unpaired) electrons. The number of rotatable bonds is 5. The van der Waals surface area contributed by atoms with Crippen molar-refractivity contribution in [1.29, 1.82) is 0 Å². The standard InChI is InChI=1S/C17H18N4O4/c1-20-10-12(9-18-20)21-7-6-14(16(21)23)19-15(22)8-11-4-2-3-5-13(11)17(24)25/h2-5,9-10,14H,6-8H2,1H3,(H,19,22)(H,24,25). The second-order valence-electron chi connectivity index (χ2n) is 5.91. The molecule has 1 fully saturated rings. The van der Waals surface area contributed by atoms with Gasteiger partial charge in [-0.05, 0) is 18.1 Å². The Hall–Kier alpha value is -3.16. The van der Waals surface area contributed by atoms with Crippen LogP contribution in [0.15, 0.2) is 36.7 Å². The van der Waals surface area contributed by atoms with Gasteiger partial charge in [0.25, 0.3) is 0 Å². The van der Waals surface area contributed by atoms with E-state index in [1.165, 1.54) is 6.07 Å². The quantitative estimate of drug-likeness (QED) is 0.827. The van der Waals surface area contributed by atoms with E-state index < -0.39 is 12.0 Å². The van der Waals surface area contributed by atoms with Gasteiger partial charge in [0.2, 0.25) is 11.8 Å². The summed E-state index contributed by atoms with van der Waals surface area (Å²) in [4.78, 5) is 37.5. The predicted octanol–water partition coefficient (Wildman–Crippen LogP) is 0.582. The highest BCUT2D eigenvalue weighted by atomic mass is 16.4. The van der Waals surface area contributed by atoms with E-state index in [2.05, 4.69) is 10.4 Å². The molecular formula is C17H18N4O4. The number of aryl methyl sites for hydroxylation is 1. The first-order valence-electron chi connectivity index (χ1n) is 7.86. The zero-order chi connectivity index (χ0) is 18.0. The van der Waals surface area contributed by atoms with Crippen molar-refractivity contribution in [1.82, 2.24) is 15.1 Å². The Morgan fingerprint density at radius 1 is 1.36 bits per heavy atom. The van der Waals surface area contributed by atoms with Gasteiger partial charge in [0.05, 0.1) is 23.9 Å². The molecule has 1 aliphatic heterocycles. The number of carboxylic acids is 1. The SMILES string of the molecule is Cn1cc(N2CCC(NC(=O)Cc3ccccc3C(=O)O)C2=O)cn1. The van der Waals surface area contributed by atoms with Crippen molar-refractivity contribution >= 4 is 23.5 Å². The molecule has 25 heavy (non-hydrogen) atoms. The number of hydrogen-bond donors (Lipinski definition) is 2. The lowest BCUT2D eigenvalue weighted by Gasteiger charge is -2.15. The van der Waals surface area contributed by atoms with Gasteiger partial charge < -0.3 is 15.3 Å². The largest absolute Gasteiger partial charge is 0.478 e. The number of carbonyl (C=O) groups excluding carboxylic acids is 2. The molecule has 1 saturated heterocycles. The van der Waals surface area contributed by atoms with Gasteiger partial charge in [-0.15, -0.1) is 0 Å². The van der Waals surface area contributed by atoms with Crippen molar-refractivity contribution in [3.05, 3.63) is 47.8 Å². The van der Waals surface area contributed by atoms with E-state index in [9.17, 15) is 14.4 Å². The number of aromatic carboxylic acids is 1. The number of carbonyl (C=O) groups is 3. The van der Waals surface area contributed by atoms with E-state index in [1.807, 2.05) is 0 Å². The van der Waals surface area contributed by atoms with Crippen LogP contribution in [0.3, 0.4) is 0 Å². The van der Waals surface area contributed by atoms with Crippen LogP contribution in [-0.2, 0) is 23.1 Å². The Kier molecular flexibility index (Phi) is 4.51. The number of amides is 2. The highest BCUT2D eigenvalue weighted by Gasteiger charge is 2.34. The van der Waals surface area contributed by atoms with Crippen LogP contribution >= 0.6 is 0 Å². The van der Waals surface area contributed by atoms with Crippen LogP contribution in [0, 0.1) is 0 Å². The summed E-state index contributed by atoms with van der Waals surface area (Å²) in [6, 6.07) is 5.73. The molecule has 0 saturated carbocycles. The Morgan fingerprint density at radius 3 is 2.80 bits per heavy atom. The molecule has 1 aromatic carbocycles. The highest BCUT2D eigenvalue weighted by molar-refractivity contribution is 6.01. The van der Waals surface area contributed by atoms with Crippen molar-refractivity contribution in [3.8, 4) is 0 Å². The minimum Gasteiger partial charge on any atom is -0.478 e. The van der Waals surface area contributed by atoms with Gasteiger partial charge in [0, 0.05) is 19.8 Å². The van der Waals surface area contributed by atoms with Gasteiger partial charge in [-0.2, -0.15) is 5.10 Å². The Balaban J connectivity index is 1.64. The van der Waals surface area contributed by atoms with Crippen molar-refractivity contribution in [2.24, 2.45) is 7.05 Å². The van der Waals surface area contributed by atoms with E-state index >= 15 is 0 Å². The molecule has 1 atom stereocenters. The van der Waals surface area contributed by atoms with Crippen LogP contribution in [0.4, 0.5) is 5.69 Å². The molecule has 0 aliphatic carbocycles. The highest BCUT2D eigenvalue weighted by Crippen LogP contribution is 2.20. The monoisotopic (exact) mass is 342 g/mol. The molecule has 130 valence electrons. The van der Waals surface area contributed by atoms with Gasteiger partial charge in [-0.25, -0.2) is 4.79 Å². The van der Waals surface area contributed by atoms with E-state index in [4.69, 9.17) is 5.11 Å². The third kappa shape index (κ3) is 3.52. The van der Waals surface area contributed by atoms with Gasteiger partial charge in [0.15, 0.2) is 0 Å². The molecule has 0 bridgehead atoms. The molecule has 2 amide bonds. The maximum Gasteiger partial charge on any atom is 0.335 e.